The zero-order valence-corrected chi connectivity index (χ0v) is 34.5. The van der Waals surface area contributed by atoms with Crippen LogP contribution < -0.4 is 10.6 Å². The van der Waals surface area contributed by atoms with Crippen molar-refractivity contribution in [2.45, 2.75) is 77.5 Å². The monoisotopic (exact) mass is 799 g/mol. The Hall–Kier alpha value is -5.86. The molecule has 2 fully saturated rings. The fraction of sp³-hybridized carbons (Fsp3) is 0.422. The third kappa shape index (κ3) is 7.98. The number of hydrogen-bond donors (Lipinski definition) is 4. The minimum atomic E-state index is -0.692. The second-order valence-corrected chi connectivity index (χ2v) is 16.4. The maximum absolute atomic E-state index is 13.7. The number of imidazole rings is 2. The van der Waals surface area contributed by atoms with Crippen LogP contribution in [0.25, 0.3) is 55.2 Å². The Morgan fingerprint density at radius 1 is 0.729 bits per heavy atom. The van der Waals surface area contributed by atoms with E-state index in [9.17, 15) is 14.4 Å². The van der Waals surface area contributed by atoms with E-state index in [2.05, 4.69) is 63.1 Å². The van der Waals surface area contributed by atoms with Crippen molar-refractivity contribution in [2.24, 2.45) is 11.8 Å². The highest BCUT2D eigenvalue weighted by molar-refractivity contribution is 5.92. The summed E-state index contributed by atoms with van der Waals surface area (Å²) < 4.78 is 9.99. The molecule has 2 aliphatic heterocycles. The van der Waals surface area contributed by atoms with Crippen molar-refractivity contribution in [3.05, 3.63) is 78.5 Å². The summed E-state index contributed by atoms with van der Waals surface area (Å²) in [5.41, 5.74) is 7.41. The average Bonchev–Trinajstić information content (AvgIpc) is 4.07. The standard InChI is InChI=1S/C45H53N9O5/c1-25(2)39(47-24-58-5)43(55)53-17-7-9-37(53)41-48-32-15-13-28(21-35(32)50-41)27-11-12-29-20-34(46-23-31(29)19-27)30-14-16-33-36(22-30)51-42(49-33)38-10-8-18-54(38)44(56)40(26(3)4)52-45(57)59-6/h11-16,19-23,25-26,37-40,47H,7-10,17-18,24H2,1-6H3,(H,48,50)(H,49,51)(H,52,57). The fourth-order valence-electron chi connectivity index (χ4n) is 8.66. The predicted octanol–water partition coefficient (Wildman–Crippen LogP) is 7.25. The Balaban J connectivity index is 0.993. The van der Waals surface area contributed by atoms with Gasteiger partial charge in [-0.3, -0.25) is 19.9 Å². The Kier molecular flexibility index (Phi) is 11.4. The second-order valence-electron chi connectivity index (χ2n) is 16.4. The summed E-state index contributed by atoms with van der Waals surface area (Å²) in [5, 5.41) is 8.06. The summed E-state index contributed by atoms with van der Waals surface area (Å²) in [6, 6.07) is 19.5. The van der Waals surface area contributed by atoms with Gasteiger partial charge < -0.3 is 34.6 Å². The summed E-state index contributed by atoms with van der Waals surface area (Å²) in [6.07, 6.45) is 4.71. The number of rotatable bonds is 12. The lowest BCUT2D eigenvalue weighted by molar-refractivity contribution is -0.136. The topological polar surface area (TPSA) is 170 Å². The molecule has 0 bridgehead atoms. The van der Waals surface area contributed by atoms with Crippen LogP contribution >= 0.6 is 0 Å². The van der Waals surface area contributed by atoms with Crippen molar-refractivity contribution in [3.8, 4) is 22.4 Å². The van der Waals surface area contributed by atoms with Gasteiger partial charge in [0.15, 0.2) is 0 Å². The molecular weight excluding hydrogens is 747 g/mol. The Morgan fingerprint density at radius 3 is 1.88 bits per heavy atom. The first-order valence-corrected chi connectivity index (χ1v) is 20.6. The van der Waals surface area contributed by atoms with Gasteiger partial charge in [0.2, 0.25) is 11.8 Å². The van der Waals surface area contributed by atoms with Crippen LogP contribution in [0.5, 0.6) is 0 Å². The number of H-pyrrole nitrogens is 2. The minimum absolute atomic E-state index is 0.0819. The van der Waals surface area contributed by atoms with Gasteiger partial charge in [-0.2, -0.15) is 0 Å². The van der Waals surface area contributed by atoms with Crippen molar-refractivity contribution in [2.75, 3.05) is 34.0 Å². The Labute approximate surface area is 343 Å². The smallest absolute Gasteiger partial charge is 0.407 e. The van der Waals surface area contributed by atoms with Gasteiger partial charge in [-0.05, 0) is 90.4 Å². The molecule has 59 heavy (non-hydrogen) atoms. The molecule has 0 radical (unpaired) electrons. The number of fused-ring (bicyclic) bond motifs is 3. The predicted molar refractivity (Wildman–Crippen MR) is 227 cm³/mol. The molecule has 3 amide bonds. The van der Waals surface area contributed by atoms with Crippen LogP contribution in [0.3, 0.4) is 0 Å². The molecule has 2 aliphatic rings. The molecule has 308 valence electrons. The largest absolute Gasteiger partial charge is 0.453 e. The third-order valence-electron chi connectivity index (χ3n) is 11.8. The molecule has 5 heterocycles. The number of carbonyl (C=O) groups is 3. The van der Waals surface area contributed by atoms with E-state index in [0.717, 1.165) is 92.6 Å². The summed E-state index contributed by atoms with van der Waals surface area (Å²) in [7, 11) is 2.92. The van der Waals surface area contributed by atoms with E-state index in [1.165, 1.54) is 7.11 Å². The molecule has 4 atom stereocenters. The van der Waals surface area contributed by atoms with Crippen LogP contribution in [0.1, 0.15) is 77.1 Å². The Bertz CT molecular complexity index is 2510. The maximum Gasteiger partial charge on any atom is 0.407 e. The third-order valence-corrected chi connectivity index (χ3v) is 11.8. The normalized spacial score (nSPS) is 18.1. The molecule has 4 unspecified atom stereocenters. The lowest BCUT2D eigenvalue weighted by Crippen LogP contribution is -2.51. The highest BCUT2D eigenvalue weighted by Crippen LogP contribution is 2.36. The van der Waals surface area contributed by atoms with Gasteiger partial charge in [0, 0.05) is 37.3 Å². The number of hydrogen-bond acceptors (Lipinski definition) is 9. The van der Waals surface area contributed by atoms with Gasteiger partial charge in [0.1, 0.15) is 17.7 Å². The summed E-state index contributed by atoms with van der Waals surface area (Å²) in [5.74, 6) is 1.51. The first kappa shape index (κ1) is 39.9. The number of methoxy groups -OCH3 is 2. The van der Waals surface area contributed by atoms with Gasteiger partial charge in [-0.25, -0.2) is 14.8 Å². The molecule has 8 rings (SSSR count). The van der Waals surface area contributed by atoms with Crippen molar-refractivity contribution in [1.29, 1.82) is 0 Å². The first-order valence-electron chi connectivity index (χ1n) is 20.6. The number of nitrogens with zero attached hydrogens (tertiary/aromatic N) is 5. The van der Waals surface area contributed by atoms with E-state index in [-0.39, 0.29) is 41.8 Å². The van der Waals surface area contributed by atoms with Crippen LogP contribution in [0.15, 0.2) is 66.9 Å². The zero-order valence-electron chi connectivity index (χ0n) is 34.5. The van der Waals surface area contributed by atoms with Gasteiger partial charge in [0.05, 0.1) is 59.7 Å². The van der Waals surface area contributed by atoms with Crippen molar-refractivity contribution in [1.82, 2.24) is 45.4 Å². The second kappa shape index (κ2) is 16.8. The number of nitrogens with one attached hydrogen (secondary N) is 4. The van der Waals surface area contributed by atoms with Crippen LogP contribution in [-0.4, -0.2) is 98.8 Å². The molecule has 4 N–H and O–H groups in total. The van der Waals surface area contributed by atoms with Crippen LogP contribution in [0.2, 0.25) is 0 Å². The molecule has 0 saturated carbocycles. The quantitative estimate of drug-likeness (QED) is 0.0932. The molecule has 2 saturated heterocycles. The molecule has 6 aromatic rings. The number of amides is 3. The van der Waals surface area contributed by atoms with Crippen molar-refractivity contribution >= 4 is 50.7 Å². The number of aromatic nitrogens is 5. The van der Waals surface area contributed by atoms with Crippen molar-refractivity contribution in [3.63, 3.8) is 0 Å². The molecule has 0 aliphatic carbocycles. The van der Waals surface area contributed by atoms with Gasteiger partial charge in [0.25, 0.3) is 0 Å². The fourth-order valence-corrected chi connectivity index (χ4v) is 8.66. The number of likely N-dealkylation sites (tertiary alicyclic amines) is 2. The maximum atomic E-state index is 13.7. The molecule has 14 nitrogen and oxygen atoms in total. The molecule has 3 aromatic heterocycles. The molecule has 14 heteroatoms. The first-order chi connectivity index (χ1) is 28.5. The molecular formula is C45H53N9O5. The lowest BCUT2D eigenvalue weighted by atomic mass is 10.0. The lowest BCUT2D eigenvalue weighted by Gasteiger charge is -2.30. The van der Waals surface area contributed by atoms with Crippen LogP contribution in [-0.2, 0) is 19.1 Å². The number of pyridine rings is 1. The molecule has 3 aromatic carbocycles. The van der Waals surface area contributed by atoms with Crippen LogP contribution in [0, 0.1) is 11.8 Å². The average molecular weight is 800 g/mol. The zero-order chi connectivity index (χ0) is 41.4. The van der Waals surface area contributed by atoms with Crippen LogP contribution in [0.4, 0.5) is 4.79 Å². The molecule has 0 spiro atoms. The van der Waals surface area contributed by atoms with E-state index >= 15 is 0 Å². The van der Waals surface area contributed by atoms with Crippen molar-refractivity contribution < 1.29 is 23.9 Å². The van der Waals surface area contributed by atoms with Gasteiger partial charge in [-0.15, -0.1) is 0 Å². The summed E-state index contributed by atoms with van der Waals surface area (Å²) in [4.78, 5) is 64.9. The van der Waals surface area contributed by atoms with E-state index in [0.29, 0.717) is 19.8 Å². The SMILES string of the molecule is COCNC(C(=O)N1CCCC1c1nc2ccc(-c3ccc4cc(-c5ccc6nc(C7CCCN7C(=O)C(NC(=O)OC)C(C)C)[nH]c6c5)ncc4c3)cc2[nH]1)C(C)C. The minimum Gasteiger partial charge on any atom is -0.453 e. The van der Waals surface area contributed by atoms with E-state index in [1.54, 1.807) is 7.11 Å². The highest BCUT2D eigenvalue weighted by Gasteiger charge is 2.38. The summed E-state index contributed by atoms with van der Waals surface area (Å²) in [6.45, 7) is 9.53. The number of alkyl carbamates (subject to hydrolysis) is 1. The summed E-state index contributed by atoms with van der Waals surface area (Å²) >= 11 is 0. The van der Waals surface area contributed by atoms with E-state index < -0.39 is 12.1 Å². The number of benzene rings is 3. The number of carbonyl (C=O) groups excluding carboxylic acids is 3. The van der Waals surface area contributed by atoms with E-state index in [1.807, 2.05) is 61.9 Å². The number of aromatic amines is 2. The van der Waals surface area contributed by atoms with E-state index in [4.69, 9.17) is 24.4 Å². The van der Waals surface area contributed by atoms with Gasteiger partial charge in [-0.1, -0.05) is 52.0 Å². The Morgan fingerprint density at radius 2 is 1.29 bits per heavy atom. The van der Waals surface area contributed by atoms with Gasteiger partial charge >= 0.3 is 6.09 Å². The highest BCUT2D eigenvalue weighted by atomic mass is 16.5. The number of ether oxygens (including phenoxy) is 2.